The van der Waals surface area contributed by atoms with Gasteiger partial charge in [0.25, 0.3) is 0 Å². The average molecular weight is 226 g/mol. The number of nitrogens with one attached hydrogen (secondary N) is 1. The molecule has 0 unspecified atom stereocenters. The molecule has 1 aliphatic heterocycles. The normalized spacial score (nSPS) is 24.6. The minimum absolute atomic E-state index is 0.694. The monoisotopic (exact) mass is 226 g/mol. The van der Waals surface area contributed by atoms with E-state index in [2.05, 4.69) is 17.1 Å². The van der Waals surface area contributed by atoms with Gasteiger partial charge in [0.05, 0.1) is 13.2 Å². The molecule has 0 aromatic heterocycles. The van der Waals surface area contributed by atoms with Crippen LogP contribution >= 0.6 is 0 Å². The van der Waals surface area contributed by atoms with Gasteiger partial charge in [-0.2, -0.15) is 0 Å². The van der Waals surface area contributed by atoms with Crippen LogP contribution in [0.15, 0.2) is 0 Å². The molecular formula is C13H26N2O. The second kappa shape index (κ2) is 5.99. The van der Waals surface area contributed by atoms with E-state index >= 15 is 0 Å². The third-order valence-corrected chi connectivity index (χ3v) is 3.95. The Balaban J connectivity index is 1.51. The molecule has 1 heterocycles. The summed E-state index contributed by atoms with van der Waals surface area (Å²) in [7, 11) is 0. The van der Waals surface area contributed by atoms with Crippen LogP contribution in [0.3, 0.4) is 0 Å². The summed E-state index contributed by atoms with van der Waals surface area (Å²) in [5, 5.41) is 3.64. The number of hydrogen-bond acceptors (Lipinski definition) is 3. The average Bonchev–Trinajstić information content (AvgIpc) is 3.07. The minimum Gasteiger partial charge on any atom is -0.379 e. The third-order valence-electron chi connectivity index (χ3n) is 3.95. The van der Waals surface area contributed by atoms with Crippen molar-refractivity contribution in [1.29, 1.82) is 0 Å². The lowest BCUT2D eigenvalue weighted by atomic mass is 10.0. The number of ether oxygens (including phenoxy) is 1. The highest BCUT2D eigenvalue weighted by atomic mass is 16.5. The number of nitrogens with zero attached hydrogens (tertiary/aromatic N) is 1. The fourth-order valence-corrected chi connectivity index (χ4v) is 2.64. The highest BCUT2D eigenvalue weighted by Crippen LogP contribution is 2.48. The molecule has 16 heavy (non-hydrogen) atoms. The van der Waals surface area contributed by atoms with Crippen molar-refractivity contribution in [3.8, 4) is 0 Å². The summed E-state index contributed by atoms with van der Waals surface area (Å²) in [6, 6.07) is 0. The quantitative estimate of drug-likeness (QED) is 0.666. The lowest BCUT2D eigenvalue weighted by Gasteiger charge is -2.27. The zero-order valence-corrected chi connectivity index (χ0v) is 10.6. The van der Waals surface area contributed by atoms with Gasteiger partial charge in [0.1, 0.15) is 0 Å². The first-order chi connectivity index (χ1) is 7.85. The van der Waals surface area contributed by atoms with Crippen LogP contribution in [0.1, 0.15) is 32.6 Å². The van der Waals surface area contributed by atoms with Crippen LogP contribution in [-0.4, -0.2) is 50.8 Å². The van der Waals surface area contributed by atoms with Gasteiger partial charge in [-0.15, -0.1) is 0 Å². The predicted octanol–water partition coefficient (Wildman–Crippen LogP) is 1.49. The summed E-state index contributed by atoms with van der Waals surface area (Å²) in [5.41, 5.74) is 0.694. The Morgan fingerprint density at radius 1 is 1.25 bits per heavy atom. The van der Waals surface area contributed by atoms with Crippen LogP contribution in [-0.2, 0) is 4.74 Å². The van der Waals surface area contributed by atoms with Gasteiger partial charge < -0.3 is 10.1 Å². The molecule has 1 saturated carbocycles. The summed E-state index contributed by atoms with van der Waals surface area (Å²) in [4.78, 5) is 2.50. The first-order valence-electron chi connectivity index (χ1n) is 6.85. The first-order valence-corrected chi connectivity index (χ1v) is 6.85. The Kier molecular flexibility index (Phi) is 4.62. The molecule has 0 spiro atoms. The topological polar surface area (TPSA) is 24.5 Å². The SMILES string of the molecule is CCCC1(CNCCN2CCOCC2)CC1. The Morgan fingerprint density at radius 2 is 2.00 bits per heavy atom. The fraction of sp³-hybridized carbons (Fsp3) is 1.00. The van der Waals surface area contributed by atoms with Crippen molar-refractivity contribution < 1.29 is 4.74 Å². The molecule has 0 bridgehead atoms. The molecule has 2 fully saturated rings. The molecule has 0 radical (unpaired) electrons. The summed E-state index contributed by atoms with van der Waals surface area (Å²) >= 11 is 0. The van der Waals surface area contributed by atoms with Gasteiger partial charge in [-0.1, -0.05) is 13.3 Å². The molecule has 1 aliphatic carbocycles. The van der Waals surface area contributed by atoms with Crippen LogP contribution in [0.4, 0.5) is 0 Å². The zero-order chi connectivity index (χ0) is 11.3. The Bertz CT molecular complexity index is 198. The van der Waals surface area contributed by atoms with E-state index in [1.807, 2.05) is 0 Å². The molecule has 0 amide bonds. The molecule has 2 rings (SSSR count). The number of morpholine rings is 1. The Hall–Kier alpha value is -0.120. The van der Waals surface area contributed by atoms with Crippen LogP contribution in [0, 0.1) is 5.41 Å². The van der Waals surface area contributed by atoms with E-state index in [0.717, 1.165) is 32.8 Å². The smallest absolute Gasteiger partial charge is 0.0594 e. The van der Waals surface area contributed by atoms with E-state index in [0.29, 0.717) is 5.41 Å². The van der Waals surface area contributed by atoms with Gasteiger partial charge in [-0.3, -0.25) is 4.90 Å². The Morgan fingerprint density at radius 3 is 2.62 bits per heavy atom. The lowest BCUT2D eigenvalue weighted by molar-refractivity contribution is 0.0383. The largest absolute Gasteiger partial charge is 0.379 e. The predicted molar refractivity (Wildman–Crippen MR) is 66.7 cm³/mol. The maximum absolute atomic E-state index is 5.34. The van der Waals surface area contributed by atoms with Gasteiger partial charge >= 0.3 is 0 Å². The van der Waals surface area contributed by atoms with Crippen molar-refractivity contribution >= 4 is 0 Å². The van der Waals surface area contributed by atoms with Crippen molar-refractivity contribution in [3.05, 3.63) is 0 Å². The van der Waals surface area contributed by atoms with E-state index in [-0.39, 0.29) is 0 Å². The van der Waals surface area contributed by atoms with E-state index < -0.39 is 0 Å². The second-order valence-corrected chi connectivity index (χ2v) is 5.38. The van der Waals surface area contributed by atoms with Crippen LogP contribution in [0.5, 0.6) is 0 Å². The number of rotatable bonds is 7. The molecule has 2 aliphatic rings. The van der Waals surface area contributed by atoms with E-state index in [1.54, 1.807) is 0 Å². The Labute approximate surface area is 99.5 Å². The molecule has 94 valence electrons. The van der Waals surface area contributed by atoms with Gasteiger partial charge in [0.2, 0.25) is 0 Å². The minimum atomic E-state index is 0.694. The molecule has 3 heteroatoms. The van der Waals surface area contributed by atoms with E-state index in [9.17, 15) is 0 Å². The molecule has 1 N–H and O–H groups in total. The van der Waals surface area contributed by atoms with Crippen molar-refractivity contribution in [1.82, 2.24) is 10.2 Å². The van der Waals surface area contributed by atoms with Gasteiger partial charge in [0, 0.05) is 32.7 Å². The van der Waals surface area contributed by atoms with Gasteiger partial charge in [0.15, 0.2) is 0 Å². The van der Waals surface area contributed by atoms with E-state index in [4.69, 9.17) is 4.74 Å². The second-order valence-electron chi connectivity index (χ2n) is 5.38. The summed E-state index contributed by atoms with van der Waals surface area (Å²) < 4.78 is 5.34. The highest BCUT2D eigenvalue weighted by Gasteiger charge is 2.40. The van der Waals surface area contributed by atoms with Crippen molar-refractivity contribution in [2.75, 3.05) is 45.9 Å². The van der Waals surface area contributed by atoms with Crippen LogP contribution in [0.2, 0.25) is 0 Å². The molecule has 0 aromatic rings. The highest BCUT2D eigenvalue weighted by molar-refractivity contribution is 4.94. The van der Waals surface area contributed by atoms with Crippen molar-refractivity contribution in [2.24, 2.45) is 5.41 Å². The maximum Gasteiger partial charge on any atom is 0.0594 e. The molecule has 0 atom stereocenters. The first kappa shape index (κ1) is 12.3. The lowest BCUT2D eigenvalue weighted by Crippen LogP contribution is -2.41. The zero-order valence-electron chi connectivity index (χ0n) is 10.6. The molecular weight excluding hydrogens is 200 g/mol. The number of hydrogen-bond donors (Lipinski definition) is 1. The third kappa shape index (κ3) is 3.72. The standard InChI is InChI=1S/C13H26N2O/c1-2-3-13(4-5-13)12-14-6-7-15-8-10-16-11-9-15/h14H,2-12H2,1H3. The summed E-state index contributed by atoms with van der Waals surface area (Å²) in [6.07, 6.45) is 5.65. The molecule has 0 aromatic carbocycles. The van der Waals surface area contributed by atoms with Gasteiger partial charge in [-0.05, 0) is 24.7 Å². The van der Waals surface area contributed by atoms with Crippen LogP contribution in [0.25, 0.3) is 0 Å². The summed E-state index contributed by atoms with van der Waals surface area (Å²) in [6.45, 7) is 9.93. The van der Waals surface area contributed by atoms with Gasteiger partial charge in [-0.25, -0.2) is 0 Å². The van der Waals surface area contributed by atoms with E-state index in [1.165, 1.54) is 38.8 Å². The molecule has 3 nitrogen and oxygen atoms in total. The fourth-order valence-electron chi connectivity index (χ4n) is 2.64. The van der Waals surface area contributed by atoms with Crippen LogP contribution < -0.4 is 5.32 Å². The summed E-state index contributed by atoms with van der Waals surface area (Å²) in [5.74, 6) is 0. The van der Waals surface area contributed by atoms with Crippen molar-refractivity contribution in [2.45, 2.75) is 32.6 Å². The van der Waals surface area contributed by atoms with Crippen molar-refractivity contribution in [3.63, 3.8) is 0 Å². The maximum atomic E-state index is 5.34. The molecule has 1 saturated heterocycles.